The van der Waals surface area contributed by atoms with Crippen LogP contribution in [0.2, 0.25) is 0 Å². The van der Waals surface area contributed by atoms with Crippen molar-refractivity contribution >= 4 is 12.6 Å². The normalized spacial score (nSPS) is 9.00. The second-order valence-electron chi connectivity index (χ2n) is 2.84. The standard InChI is InChI=1S/C4H9O.C3H8S.Na/c1-4(2,3)5;1-2-3-4;/h1-3H3;4H,2-3H2,1H3;/q-1;;+1. The summed E-state index contributed by atoms with van der Waals surface area (Å²) in [6.45, 7) is 7.00. The number of rotatable bonds is 1. The molecule has 0 heterocycles. The Balaban J connectivity index is -0.0000000910. The van der Waals surface area contributed by atoms with Crippen LogP contribution >= 0.6 is 12.6 Å². The van der Waals surface area contributed by atoms with Crippen LogP contribution in [0.25, 0.3) is 0 Å². The van der Waals surface area contributed by atoms with Crippen LogP contribution in [0.3, 0.4) is 0 Å². The molecule has 0 bridgehead atoms. The van der Waals surface area contributed by atoms with Gasteiger partial charge < -0.3 is 5.11 Å². The quantitative estimate of drug-likeness (QED) is 0.377. The summed E-state index contributed by atoms with van der Waals surface area (Å²) in [5.74, 6) is 1.01. The molecule has 0 aliphatic carbocycles. The molecule has 0 atom stereocenters. The molecule has 0 aromatic heterocycles. The van der Waals surface area contributed by atoms with Gasteiger partial charge >= 0.3 is 29.6 Å². The van der Waals surface area contributed by atoms with Gasteiger partial charge in [-0.2, -0.15) is 12.6 Å². The molecule has 0 aromatic carbocycles. The summed E-state index contributed by atoms with van der Waals surface area (Å²) in [5.41, 5.74) is -0.750. The van der Waals surface area contributed by atoms with E-state index in [4.69, 9.17) is 0 Å². The van der Waals surface area contributed by atoms with Crippen molar-refractivity contribution < 1.29 is 34.7 Å². The van der Waals surface area contributed by atoms with E-state index >= 15 is 0 Å². The van der Waals surface area contributed by atoms with Crippen molar-refractivity contribution in [3.05, 3.63) is 0 Å². The molecule has 10 heavy (non-hydrogen) atoms. The van der Waals surface area contributed by atoms with E-state index < -0.39 is 5.60 Å². The fourth-order valence-corrected chi connectivity index (χ4v) is 0. The Morgan fingerprint density at radius 3 is 1.40 bits per heavy atom. The number of hydrogen-bond acceptors (Lipinski definition) is 2. The van der Waals surface area contributed by atoms with E-state index in [9.17, 15) is 5.11 Å². The molecule has 0 spiro atoms. The summed E-state index contributed by atoms with van der Waals surface area (Å²) >= 11 is 3.92. The smallest absolute Gasteiger partial charge is 0.850 e. The predicted octanol–water partition coefficient (Wildman–Crippen LogP) is -1.52. The van der Waals surface area contributed by atoms with Gasteiger partial charge in [0.05, 0.1) is 0 Å². The minimum Gasteiger partial charge on any atom is -0.850 e. The summed E-state index contributed by atoms with van der Waals surface area (Å²) in [7, 11) is 0. The van der Waals surface area contributed by atoms with Crippen LogP contribution in [-0.2, 0) is 0 Å². The molecule has 0 amide bonds. The molecule has 0 fully saturated rings. The van der Waals surface area contributed by atoms with Crippen molar-refractivity contribution in [3.8, 4) is 0 Å². The van der Waals surface area contributed by atoms with E-state index in [1.807, 2.05) is 0 Å². The Kier molecular flexibility index (Phi) is 17.9. The molecule has 58 valence electrons. The first-order valence-corrected chi connectivity index (χ1v) is 3.86. The molecular weight excluding hydrogens is 155 g/mol. The Morgan fingerprint density at radius 1 is 1.30 bits per heavy atom. The Hall–Kier alpha value is 1.31. The molecule has 0 rings (SSSR count). The van der Waals surface area contributed by atoms with Crippen molar-refractivity contribution in [2.24, 2.45) is 0 Å². The van der Waals surface area contributed by atoms with E-state index in [1.165, 1.54) is 6.42 Å². The molecule has 0 aliphatic rings. The molecule has 0 unspecified atom stereocenters. The molecule has 0 saturated carbocycles. The van der Waals surface area contributed by atoms with E-state index in [-0.39, 0.29) is 29.6 Å². The molecule has 0 N–H and O–H groups in total. The molecular formula is C7H17NaOS. The van der Waals surface area contributed by atoms with Gasteiger partial charge in [0.15, 0.2) is 0 Å². The minimum atomic E-state index is -0.750. The number of thiol groups is 1. The van der Waals surface area contributed by atoms with E-state index in [0.717, 1.165) is 5.75 Å². The number of hydrogen-bond donors (Lipinski definition) is 1. The van der Waals surface area contributed by atoms with E-state index in [0.29, 0.717) is 0 Å². The maximum absolute atomic E-state index is 10.1. The summed E-state index contributed by atoms with van der Waals surface area (Å²) in [6.07, 6.45) is 1.18. The Labute approximate surface area is 92.3 Å². The monoisotopic (exact) mass is 172 g/mol. The van der Waals surface area contributed by atoms with Crippen LogP contribution < -0.4 is 34.7 Å². The second kappa shape index (κ2) is 10.3. The maximum Gasteiger partial charge on any atom is 1.00 e. The SMILES string of the molecule is CC(C)(C)[O-].CCCS.[Na+]. The first kappa shape index (κ1) is 17.4. The molecule has 0 aromatic rings. The van der Waals surface area contributed by atoms with Gasteiger partial charge in [0.1, 0.15) is 0 Å². The molecule has 3 heteroatoms. The van der Waals surface area contributed by atoms with Gasteiger partial charge in [-0.1, -0.05) is 27.7 Å². The van der Waals surface area contributed by atoms with Gasteiger partial charge in [0.25, 0.3) is 0 Å². The Bertz CT molecular complexity index is 44.1. The van der Waals surface area contributed by atoms with Crippen LogP contribution in [0.5, 0.6) is 0 Å². The van der Waals surface area contributed by atoms with E-state index in [1.54, 1.807) is 20.8 Å². The van der Waals surface area contributed by atoms with Crippen molar-refractivity contribution in [1.82, 2.24) is 0 Å². The first-order valence-electron chi connectivity index (χ1n) is 3.23. The van der Waals surface area contributed by atoms with Gasteiger partial charge in [-0.05, 0) is 12.2 Å². The third kappa shape index (κ3) is 120. The zero-order chi connectivity index (χ0) is 7.91. The first-order chi connectivity index (χ1) is 3.91. The Morgan fingerprint density at radius 2 is 1.40 bits per heavy atom. The van der Waals surface area contributed by atoms with Crippen molar-refractivity contribution in [2.75, 3.05) is 5.75 Å². The average Bonchev–Trinajstić information content (AvgIpc) is 1.61. The third-order valence-electron chi connectivity index (χ3n) is 0.224. The fraction of sp³-hybridized carbons (Fsp3) is 1.00. The largest absolute Gasteiger partial charge is 1.00 e. The summed E-state index contributed by atoms with van der Waals surface area (Å²) in [5, 5.41) is 10.1. The summed E-state index contributed by atoms with van der Waals surface area (Å²) in [4.78, 5) is 0. The van der Waals surface area contributed by atoms with Crippen LogP contribution in [0, 0.1) is 0 Å². The zero-order valence-electron chi connectivity index (χ0n) is 7.77. The van der Waals surface area contributed by atoms with Gasteiger partial charge in [-0.25, -0.2) is 0 Å². The van der Waals surface area contributed by atoms with Gasteiger partial charge in [0.2, 0.25) is 0 Å². The van der Waals surface area contributed by atoms with Crippen LogP contribution in [0.1, 0.15) is 34.1 Å². The topological polar surface area (TPSA) is 23.1 Å². The molecule has 0 saturated heterocycles. The summed E-state index contributed by atoms with van der Waals surface area (Å²) in [6, 6.07) is 0. The van der Waals surface area contributed by atoms with Crippen molar-refractivity contribution in [2.45, 2.75) is 39.7 Å². The van der Waals surface area contributed by atoms with Crippen molar-refractivity contribution in [3.63, 3.8) is 0 Å². The minimum absolute atomic E-state index is 0. The van der Waals surface area contributed by atoms with E-state index in [2.05, 4.69) is 19.6 Å². The molecule has 0 radical (unpaired) electrons. The van der Waals surface area contributed by atoms with Crippen LogP contribution in [0.4, 0.5) is 0 Å². The molecule has 0 aliphatic heterocycles. The van der Waals surface area contributed by atoms with Gasteiger partial charge in [-0.15, -0.1) is 5.60 Å². The zero-order valence-corrected chi connectivity index (χ0v) is 10.7. The van der Waals surface area contributed by atoms with Gasteiger partial charge in [0, 0.05) is 0 Å². The maximum atomic E-state index is 10.1. The average molecular weight is 172 g/mol. The van der Waals surface area contributed by atoms with Crippen molar-refractivity contribution in [1.29, 1.82) is 0 Å². The van der Waals surface area contributed by atoms with Crippen LogP contribution in [0.15, 0.2) is 0 Å². The second-order valence-corrected chi connectivity index (χ2v) is 3.28. The predicted molar refractivity (Wildman–Crippen MR) is 43.9 cm³/mol. The molecule has 1 nitrogen and oxygen atoms in total. The summed E-state index contributed by atoms with van der Waals surface area (Å²) < 4.78 is 0. The van der Waals surface area contributed by atoms with Gasteiger partial charge in [-0.3, -0.25) is 0 Å². The van der Waals surface area contributed by atoms with Crippen LogP contribution in [-0.4, -0.2) is 11.4 Å². The third-order valence-corrected chi connectivity index (χ3v) is 0.671. The fourth-order valence-electron chi connectivity index (χ4n) is 0.